The zero-order valence-electron chi connectivity index (χ0n) is 11.8. The highest BCUT2D eigenvalue weighted by molar-refractivity contribution is 5.51. The minimum atomic E-state index is 0.482. The van der Waals surface area contributed by atoms with Gasteiger partial charge in [0.1, 0.15) is 5.75 Å². The van der Waals surface area contributed by atoms with E-state index in [1.165, 1.54) is 22.3 Å². The first kappa shape index (κ1) is 12.0. The molecule has 2 aromatic rings. The molecule has 0 aromatic heterocycles. The van der Waals surface area contributed by atoms with Gasteiger partial charge in [-0.05, 0) is 29.8 Å². The maximum atomic E-state index is 5.72. The van der Waals surface area contributed by atoms with Crippen molar-refractivity contribution >= 4 is 0 Å². The normalized spacial score (nSPS) is 21.1. The fraction of sp³-hybridized carbons (Fsp3) is 0.333. The molecule has 0 radical (unpaired) electrons. The lowest BCUT2D eigenvalue weighted by Gasteiger charge is -2.33. The standard InChI is InChI=1S/C18H19NO/c1-19-11-16(13-5-3-2-4-6-13)14-7-8-18-15(9-10-20-18)17(14)12-19/h2-8,16H,9-12H2,1H3/t16-/m0/s1. The highest BCUT2D eigenvalue weighted by Crippen LogP contribution is 2.39. The Morgan fingerprint density at radius 3 is 2.75 bits per heavy atom. The Morgan fingerprint density at radius 2 is 1.90 bits per heavy atom. The van der Waals surface area contributed by atoms with Gasteiger partial charge in [0, 0.05) is 31.0 Å². The minimum Gasteiger partial charge on any atom is -0.493 e. The molecule has 1 atom stereocenters. The molecular formula is C18H19NO. The van der Waals surface area contributed by atoms with E-state index < -0.39 is 0 Å². The molecular weight excluding hydrogens is 246 g/mol. The average Bonchev–Trinajstić information content (AvgIpc) is 2.96. The summed E-state index contributed by atoms with van der Waals surface area (Å²) in [5.74, 6) is 1.58. The van der Waals surface area contributed by atoms with Gasteiger partial charge in [-0.3, -0.25) is 0 Å². The van der Waals surface area contributed by atoms with E-state index in [0.717, 1.165) is 31.9 Å². The highest BCUT2D eigenvalue weighted by Gasteiger charge is 2.29. The first-order valence-electron chi connectivity index (χ1n) is 7.34. The second-order valence-electron chi connectivity index (χ2n) is 5.87. The molecule has 0 bridgehead atoms. The molecule has 0 N–H and O–H groups in total. The van der Waals surface area contributed by atoms with Crippen LogP contribution in [0.4, 0.5) is 0 Å². The van der Waals surface area contributed by atoms with Crippen LogP contribution in [-0.2, 0) is 13.0 Å². The van der Waals surface area contributed by atoms with Crippen LogP contribution in [0.15, 0.2) is 42.5 Å². The zero-order chi connectivity index (χ0) is 13.5. The molecule has 20 heavy (non-hydrogen) atoms. The quantitative estimate of drug-likeness (QED) is 0.785. The van der Waals surface area contributed by atoms with Gasteiger partial charge >= 0.3 is 0 Å². The van der Waals surface area contributed by atoms with E-state index in [0.29, 0.717) is 5.92 Å². The summed E-state index contributed by atoms with van der Waals surface area (Å²) in [7, 11) is 2.22. The first-order chi connectivity index (χ1) is 9.83. The summed E-state index contributed by atoms with van der Waals surface area (Å²) < 4.78 is 5.72. The maximum absolute atomic E-state index is 5.72. The predicted molar refractivity (Wildman–Crippen MR) is 80.3 cm³/mol. The topological polar surface area (TPSA) is 12.5 Å². The molecule has 4 rings (SSSR count). The number of fused-ring (bicyclic) bond motifs is 3. The minimum absolute atomic E-state index is 0.482. The lowest BCUT2D eigenvalue weighted by atomic mass is 9.82. The van der Waals surface area contributed by atoms with Crippen molar-refractivity contribution in [3.05, 3.63) is 64.7 Å². The summed E-state index contributed by atoms with van der Waals surface area (Å²) in [5, 5.41) is 0. The lowest BCUT2D eigenvalue weighted by molar-refractivity contribution is 0.294. The van der Waals surface area contributed by atoms with E-state index in [9.17, 15) is 0 Å². The van der Waals surface area contributed by atoms with Crippen LogP contribution in [-0.4, -0.2) is 25.1 Å². The molecule has 0 amide bonds. The molecule has 102 valence electrons. The van der Waals surface area contributed by atoms with E-state index in [1.807, 2.05) is 0 Å². The van der Waals surface area contributed by atoms with E-state index in [-0.39, 0.29) is 0 Å². The Kier molecular flexibility index (Phi) is 2.78. The average molecular weight is 265 g/mol. The SMILES string of the molecule is CN1Cc2c(ccc3c2CCO3)[C@H](c2ccccc2)C1. The van der Waals surface area contributed by atoms with Crippen molar-refractivity contribution in [3.8, 4) is 5.75 Å². The van der Waals surface area contributed by atoms with Gasteiger partial charge in [0.2, 0.25) is 0 Å². The highest BCUT2D eigenvalue weighted by atomic mass is 16.5. The van der Waals surface area contributed by atoms with Crippen molar-refractivity contribution in [2.45, 2.75) is 18.9 Å². The summed E-state index contributed by atoms with van der Waals surface area (Å²) >= 11 is 0. The van der Waals surface area contributed by atoms with E-state index in [1.54, 1.807) is 0 Å². The van der Waals surface area contributed by atoms with Crippen LogP contribution in [0.3, 0.4) is 0 Å². The van der Waals surface area contributed by atoms with Gasteiger partial charge < -0.3 is 9.64 Å². The predicted octanol–water partition coefficient (Wildman–Crippen LogP) is 3.20. The second-order valence-corrected chi connectivity index (χ2v) is 5.87. The van der Waals surface area contributed by atoms with Crippen LogP contribution in [0.2, 0.25) is 0 Å². The van der Waals surface area contributed by atoms with Gasteiger partial charge in [0.05, 0.1) is 6.61 Å². The number of nitrogens with zero attached hydrogens (tertiary/aromatic N) is 1. The molecule has 2 aromatic carbocycles. The van der Waals surface area contributed by atoms with E-state index >= 15 is 0 Å². The third-order valence-electron chi connectivity index (χ3n) is 4.53. The van der Waals surface area contributed by atoms with Gasteiger partial charge in [0.25, 0.3) is 0 Å². The van der Waals surface area contributed by atoms with Crippen LogP contribution in [0.25, 0.3) is 0 Å². The molecule has 2 aliphatic heterocycles. The Hall–Kier alpha value is -1.80. The smallest absolute Gasteiger partial charge is 0.122 e. The molecule has 0 saturated carbocycles. The largest absolute Gasteiger partial charge is 0.493 e. The molecule has 0 unspecified atom stereocenters. The number of hydrogen-bond acceptors (Lipinski definition) is 2. The molecule has 0 aliphatic carbocycles. The molecule has 2 nitrogen and oxygen atoms in total. The van der Waals surface area contributed by atoms with Crippen molar-refractivity contribution in [2.75, 3.05) is 20.2 Å². The van der Waals surface area contributed by atoms with Crippen molar-refractivity contribution in [1.82, 2.24) is 4.90 Å². The fourth-order valence-corrected chi connectivity index (χ4v) is 3.59. The number of hydrogen-bond donors (Lipinski definition) is 0. The number of benzene rings is 2. The number of ether oxygens (including phenoxy) is 1. The number of likely N-dealkylation sites (N-methyl/N-ethyl adjacent to an activating group) is 1. The summed E-state index contributed by atoms with van der Waals surface area (Å²) in [4.78, 5) is 2.43. The summed E-state index contributed by atoms with van der Waals surface area (Å²) in [5.41, 5.74) is 5.86. The van der Waals surface area contributed by atoms with Crippen LogP contribution in [0.1, 0.15) is 28.2 Å². The van der Waals surface area contributed by atoms with Gasteiger partial charge in [-0.25, -0.2) is 0 Å². The molecule has 2 heterocycles. The van der Waals surface area contributed by atoms with Crippen molar-refractivity contribution < 1.29 is 4.74 Å². The van der Waals surface area contributed by atoms with Crippen molar-refractivity contribution in [1.29, 1.82) is 0 Å². The Bertz CT molecular complexity index is 635. The van der Waals surface area contributed by atoms with E-state index in [4.69, 9.17) is 4.74 Å². The maximum Gasteiger partial charge on any atom is 0.122 e. The molecule has 2 aliphatic rings. The second kappa shape index (κ2) is 4.64. The van der Waals surface area contributed by atoms with Crippen LogP contribution < -0.4 is 4.74 Å². The van der Waals surface area contributed by atoms with Gasteiger partial charge in [0.15, 0.2) is 0 Å². The molecule has 0 fully saturated rings. The van der Waals surface area contributed by atoms with Crippen LogP contribution in [0, 0.1) is 0 Å². The molecule has 0 spiro atoms. The Balaban J connectivity index is 1.86. The molecule has 0 saturated heterocycles. The monoisotopic (exact) mass is 265 g/mol. The summed E-state index contributed by atoms with van der Waals surface area (Å²) in [6.07, 6.45) is 1.06. The summed E-state index contributed by atoms with van der Waals surface area (Å²) in [6.45, 7) is 2.98. The van der Waals surface area contributed by atoms with Crippen LogP contribution >= 0.6 is 0 Å². The van der Waals surface area contributed by atoms with Crippen molar-refractivity contribution in [2.24, 2.45) is 0 Å². The molecule has 2 heteroatoms. The third-order valence-corrected chi connectivity index (χ3v) is 4.53. The Labute approximate surface area is 120 Å². The fourth-order valence-electron chi connectivity index (χ4n) is 3.59. The first-order valence-corrected chi connectivity index (χ1v) is 7.34. The lowest BCUT2D eigenvalue weighted by Crippen LogP contribution is -2.31. The van der Waals surface area contributed by atoms with Gasteiger partial charge in [-0.1, -0.05) is 36.4 Å². The van der Waals surface area contributed by atoms with Gasteiger partial charge in [-0.2, -0.15) is 0 Å². The Morgan fingerprint density at radius 1 is 1.05 bits per heavy atom. The van der Waals surface area contributed by atoms with Gasteiger partial charge in [-0.15, -0.1) is 0 Å². The van der Waals surface area contributed by atoms with Crippen molar-refractivity contribution in [3.63, 3.8) is 0 Å². The van der Waals surface area contributed by atoms with E-state index in [2.05, 4.69) is 54.4 Å². The zero-order valence-corrected chi connectivity index (χ0v) is 11.8. The third kappa shape index (κ3) is 1.83. The van der Waals surface area contributed by atoms with Crippen LogP contribution in [0.5, 0.6) is 5.75 Å². The number of rotatable bonds is 1. The summed E-state index contributed by atoms with van der Waals surface area (Å²) in [6, 6.07) is 15.3.